The van der Waals surface area contributed by atoms with Gasteiger partial charge in [0.25, 0.3) is 5.91 Å². The van der Waals surface area contributed by atoms with Gasteiger partial charge in [-0.2, -0.15) is 0 Å². The first-order valence-corrected chi connectivity index (χ1v) is 8.68. The number of amides is 1. The SMILES string of the molecule is COc1cccc([C@H](CNC(=O)c2oc3ccc(F)cc3c2C)N(C)C)c1. The summed E-state index contributed by atoms with van der Waals surface area (Å²) in [4.78, 5) is 14.7. The largest absolute Gasteiger partial charge is 0.497 e. The van der Waals surface area contributed by atoms with Gasteiger partial charge >= 0.3 is 0 Å². The van der Waals surface area contributed by atoms with Crippen LogP contribution in [0.15, 0.2) is 46.9 Å². The summed E-state index contributed by atoms with van der Waals surface area (Å²) in [6.07, 6.45) is 0. The number of methoxy groups -OCH3 is 1. The summed E-state index contributed by atoms with van der Waals surface area (Å²) >= 11 is 0. The number of rotatable bonds is 6. The Labute approximate surface area is 157 Å². The highest BCUT2D eigenvalue weighted by atomic mass is 19.1. The van der Waals surface area contributed by atoms with Crippen LogP contribution < -0.4 is 10.1 Å². The van der Waals surface area contributed by atoms with E-state index in [1.54, 1.807) is 14.0 Å². The van der Waals surface area contributed by atoms with Crippen molar-refractivity contribution in [2.45, 2.75) is 13.0 Å². The lowest BCUT2D eigenvalue weighted by Gasteiger charge is -2.25. The molecule has 0 saturated carbocycles. The van der Waals surface area contributed by atoms with E-state index in [9.17, 15) is 9.18 Å². The van der Waals surface area contributed by atoms with Crippen LogP contribution in [0.25, 0.3) is 11.0 Å². The van der Waals surface area contributed by atoms with E-state index >= 15 is 0 Å². The molecule has 5 nitrogen and oxygen atoms in total. The zero-order chi connectivity index (χ0) is 19.6. The maximum Gasteiger partial charge on any atom is 0.287 e. The van der Waals surface area contributed by atoms with Gasteiger partial charge in [-0.25, -0.2) is 4.39 Å². The molecule has 0 saturated heterocycles. The summed E-state index contributed by atoms with van der Waals surface area (Å²) in [5, 5.41) is 3.53. The smallest absolute Gasteiger partial charge is 0.287 e. The minimum atomic E-state index is -0.357. The van der Waals surface area contributed by atoms with Crippen molar-refractivity contribution in [1.82, 2.24) is 10.2 Å². The highest BCUT2D eigenvalue weighted by Gasteiger charge is 2.21. The third-order valence-electron chi connectivity index (χ3n) is 4.66. The van der Waals surface area contributed by atoms with Crippen LogP contribution in [0.4, 0.5) is 4.39 Å². The maximum absolute atomic E-state index is 13.5. The Kier molecular flexibility index (Phi) is 5.46. The van der Waals surface area contributed by atoms with Gasteiger partial charge in [0.1, 0.15) is 17.1 Å². The van der Waals surface area contributed by atoms with Crippen molar-refractivity contribution in [2.24, 2.45) is 0 Å². The second kappa shape index (κ2) is 7.80. The molecule has 0 aliphatic heterocycles. The zero-order valence-electron chi connectivity index (χ0n) is 15.9. The van der Waals surface area contributed by atoms with Crippen molar-refractivity contribution < 1.29 is 18.3 Å². The lowest BCUT2D eigenvalue weighted by atomic mass is 10.1. The number of hydrogen-bond donors (Lipinski definition) is 1. The summed E-state index contributed by atoms with van der Waals surface area (Å²) < 4.78 is 24.4. The van der Waals surface area contributed by atoms with E-state index in [0.717, 1.165) is 11.3 Å². The second-order valence-electron chi connectivity index (χ2n) is 6.66. The highest BCUT2D eigenvalue weighted by Crippen LogP contribution is 2.26. The molecule has 6 heteroatoms. The summed E-state index contributed by atoms with van der Waals surface area (Å²) in [6, 6.07) is 11.9. The van der Waals surface area contributed by atoms with Gasteiger partial charge < -0.3 is 19.4 Å². The van der Waals surface area contributed by atoms with Crippen molar-refractivity contribution in [3.8, 4) is 5.75 Å². The van der Waals surface area contributed by atoms with Crippen molar-refractivity contribution in [3.63, 3.8) is 0 Å². The predicted octanol–water partition coefficient (Wildman–Crippen LogP) is 3.92. The molecule has 0 aliphatic rings. The van der Waals surface area contributed by atoms with Crippen molar-refractivity contribution in [2.75, 3.05) is 27.7 Å². The molecule has 27 heavy (non-hydrogen) atoms. The Morgan fingerprint density at radius 3 is 2.74 bits per heavy atom. The first-order chi connectivity index (χ1) is 12.9. The molecule has 1 atom stereocenters. The monoisotopic (exact) mass is 370 g/mol. The molecule has 0 unspecified atom stereocenters. The quantitative estimate of drug-likeness (QED) is 0.715. The van der Waals surface area contributed by atoms with Gasteiger partial charge in [-0.3, -0.25) is 4.79 Å². The van der Waals surface area contributed by atoms with Crippen LogP contribution >= 0.6 is 0 Å². The van der Waals surface area contributed by atoms with E-state index < -0.39 is 0 Å². The van der Waals surface area contributed by atoms with Crippen molar-refractivity contribution >= 4 is 16.9 Å². The minimum absolute atomic E-state index is 0.0359. The number of aryl methyl sites for hydroxylation is 1. The number of carbonyl (C=O) groups is 1. The van der Waals surface area contributed by atoms with Crippen LogP contribution in [0.3, 0.4) is 0 Å². The third kappa shape index (κ3) is 3.95. The molecule has 1 aromatic heterocycles. The molecular formula is C21H23FN2O3. The van der Waals surface area contributed by atoms with Gasteiger partial charge in [-0.15, -0.1) is 0 Å². The van der Waals surface area contributed by atoms with E-state index in [1.807, 2.05) is 43.3 Å². The lowest BCUT2D eigenvalue weighted by Crippen LogP contribution is -2.34. The van der Waals surface area contributed by atoms with Crippen LogP contribution in [0.1, 0.15) is 27.7 Å². The van der Waals surface area contributed by atoms with E-state index in [4.69, 9.17) is 9.15 Å². The second-order valence-corrected chi connectivity index (χ2v) is 6.66. The Hall–Kier alpha value is -2.86. The molecule has 0 bridgehead atoms. The maximum atomic E-state index is 13.5. The van der Waals surface area contributed by atoms with Crippen molar-refractivity contribution in [3.05, 3.63) is 65.2 Å². The molecular weight excluding hydrogens is 347 g/mol. The molecule has 0 radical (unpaired) electrons. The summed E-state index contributed by atoms with van der Waals surface area (Å²) in [5.41, 5.74) is 2.16. The van der Waals surface area contributed by atoms with E-state index in [2.05, 4.69) is 5.32 Å². The molecule has 0 spiro atoms. The minimum Gasteiger partial charge on any atom is -0.497 e. The Morgan fingerprint density at radius 2 is 2.04 bits per heavy atom. The summed E-state index contributed by atoms with van der Waals surface area (Å²) in [7, 11) is 5.52. The molecule has 1 amide bonds. The van der Waals surface area contributed by atoms with Crippen LogP contribution in [-0.4, -0.2) is 38.6 Å². The molecule has 3 aromatic rings. The average Bonchev–Trinajstić information content (AvgIpc) is 2.98. The zero-order valence-corrected chi connectivity index (χ0v) is 15.9. The number of nitrogens with zero attached hydrogens (tertiary/aromatic N) is 1. The van der Waals surface area contributed by atoms with Crippen LogP contribution in [0.5, 0.6) is 5.75 Å². The topological polar surface area (TPSA) is 54.7 Å². The molecule has 1 heterocycles. The van der Waals surface area contributed by atoms with Gasteiger partial charge in [0.15, 0.2) is 5.76 Å². The van der Waals surface area contributed by atoms with Crippen LogP contribution in [-0.2, 0) is 0 Å². The van der Waals surface area contributed by atoms with Crippen LogP contribution in [0, 0.1) is 12.7 Å². The molecule has 0 aliphatic carbocycles. The highest BCUT2D eigenvalue weighted by molar-refractivity contribution is 5.98. The van der Waals surface area contributed by atoms with Gasteiger partial charge in [-0.1, -0.05) is 12.1 Å². The first kappa shape index (κ1) is 18.9. The number of hydrogen-bond acceptors (Lipinski definition) is 4. The fraction of sp³-hybridized carbons (Fsp3) is 0.286. The lowest BCUT2D eigenvalue weighted by molar-refractivity contribution is 0.0915. The Bertz CT molecular complexity index is 965. The summed E-state index contributed by atoms with van der Waals surface area (Å²) in [6.45, 7) is 2.15. The van der Waals surface area contributed by atoms with E-state index in [-0.39, 0.29) is 23.5 Å². The number of likely N-dealkylation sites (N-methyl/N-ethyl adjacent to an activating group) is 1. The molecule has 2 aromatic carbocycles. The van der Waals surface area contributed by atoms with Crippen LogP contribution in [0.2, 0.25) is 0 Å². The third-order valence-corrected chi connectivity index (χ3v) is 4.66. The van der Waals surface area contributed by atoms with Gasteiger partial charge in [-0.05, 0) is 56.9 Å². The number of halogens is 1. The number of fused-ring (bicyclic) bond motifs is 1. The van der Waals surface area contributed by atoms with Gasteiger partial charge in [0, 0.05) is 17.5 Å². The fourth-order valence-corrected chi connectivity index (χ4v) is 3.13. The molecule has 0 fully saturated rings. The average molecular weight is 370 g/mol. The number of ether oxygens (including phenoxy) is 1. The molecule has 1 N–H and O–H groups in total. The Balaban J connectivity index is 1.79. The summed E-state index contributed by atoms with van der Waals surface area (Å²) in [5.74, 6) is 0.294. The Morgan fingerprint density at radius 1 is 1.26 bits per heavy atom. The number of nitrogens with one attached hydrogen (secondary N) is 1. The standard InChI is InChI=1S/C21H23FN2O3/c1-13-17-11-15(22)8-9-19(17)27-20(13)21(25)23-12-18(24(2)3)14-6-5-7-16(10-14)26-4/h5-11,18H,12H2,1-4H3,(H,23,25)/t18-/m0/s1. The fourth-order valence-electron chi connectivity index (χ4n) is 3.13. The predicted molar refractivity (Wildman–Crippen MR) is 103 cm³/mol. The number of carbonyl (C=O) groups excluding carboxylic acids is 1. The number of furan rings is 1. The van der Waals surface area contributed by atoms with Gasteiger partial charge in [0.05, 0.1) is 13.2 Å². The normalized spacial score (nSPS) is 12.4. The molecule has 3 rings (SSSR count). The number of benzene rings is 2. The molecule has 142 valence electrons. The van der Waals surface area contributed by atoms with Gasteiger partial charge in [0.2, 0.25) is 0 Å². The van der Waals surface area contributed by atoms with Crippen molar-refractivity contribution in [1.29, 1.82) is 0 Å². The first-order valence-electron chi connectivity index (χ1n) is 8.68. The van der Waals surface area contributed by atoms with E-state index in [0.29, 0.717) is 23.1 Å². The van der Waals surface area contributed by atoms with E-state index in [1.165, 1.54) is 18.2 Å².